The maximum absolute atomic E-state index is 13.0. The van der Waals surface area contributed by atoms with Gasteiger partial charge in [0.25, 0.3) is 5.91 Å². The van der Waals surface area contributed by atoms with Crippen LogP contribution < -0.4 is 5.32 Å². The SMILES string of the molecule is C=CC(=O)Nc1cccc(C(=O)N(C)CCCc2cc(-c3ccc(F)cc3)n[nH]2)c1. The number of amides is 2. The number of anilines is 1. The summed E-state index contributed by atoms with van der Waals surface area (Å²) in [6.45, 7) is 3.98. The molecule has 0 aliphatic heterocycles. The molecule has 0 atom stereocenters. The molecule has 0 radical (unpaired) electrons. The van der Waals surface area contributed by atoms with E-state index in [4.69, 9.17) is 0 Å². The molecule has 0 bridgehead atoms. The minimum atomic E-state index is -0.326. The van der Waals surface area contributed by atoms with E-state index in [-0.39, 0.29) is 17.6 Å². The number of hydrogen-bond acceptors (Lipinski definition) is 3. The van der Waals surface area contributed by atoms with Gasteiger partial charge in [-0.3, -0.25) is 14.7 Å². The van der Waals surface area contributed by atoms with Crippen molar-refractivity contribution in [3.63, 3.8) is 0 Å². The molecule has 0 unspecified atom stereocenters. The van der Waals surface area contributed by atoms with E-state index < -0.39 is 0 Å². The number of H-pyrrole nitrogens is 1. The fraction of sp³-hybridized carbons (Fsp3) is 0.174. The summed E-state index contributed by atoms with van der Waals surface area (Å²) in [5.74, 6) is -0.732. The third-order valence-corrected chi connectivity index (χ3v) is 4.62. The maximum atomic E-state index is 13.0. The van der Waals surface area contributed by atoms with E-state index in [0.29, 0.717) is 17.8 Å². The molecule has 2 N–H and O–H groups in total. The molecule has 0 saturated carbocycles. The number of rotatable bonds is 8. The van der Waals surface area contributed by atoms with E-state index in [2.05, 4.69) is 22.1 Å². The fourth-order valence-corrected chi connectivity index (χ4v) is 3.01. The average molecular weight is 406 g/mol. The van der Waals surface area contributed by atoms with Crippen molar-refractivity contribution in [2.24, 2.45) is 0 Å². The lowest BCUT2D eigenvalue weighted by molar-refractivity contribution is -0.111. The Morgan fingerprint density at radius 3 is 2.70 bits per heavy atom. The van der Waals surface area contributed by atoms with Crippen LogP contribution in [0.1, 0.15) is 22.5 Å². The summed E-state index contributed by atoms with van der Waals surface area (Å²) in [6, 6.07) is 14.9. The lowest BCUT2D eigenvalue weighted by Gasteiger charge is -2.17. The van der Waals surface area contributed by atoms with E-state index in [9.17, 15) is 14.0 Å². The molecule has 154 valence electrons. The number of carbonyl (C=O) groups excluding carboxylic acids is 2. The van der Waals surface area contributed by atoms with Crippen molar-refractivity contribution >= 4 is 17.5 Å². The highest BCUT2D eigenvalue weighted by molar-refractivity contribution is 6.00. The molecule has 0 aliphatic carbocycles. The summed E-state index contributed by atoms with van der Waals surface area (Å²) in [4.78, 5) is 25.7. The number of nitrogens with zero attached hydrogens (tertiary/aromatic N) is 2. The van der Waals surface area contributed by atoms with Gasteiger partial charge in [-0.25, -0.2) is 4.39 Å². The zero-order valence-corrected chi connectivity index (χ0v) is 16.7. The van der Waals surface area contributed by atoms with Crippen LogP contribution in [0.4, 0.5) is 10.1 Å². The van der Waals surface area contributed by atoms with Crippen LogP contribution in [-0.4, -0.2) is 40.5 Å². The van der Waals surface area contributed by atoms with Crippen LogP contribution in [-0.2, 0) is 11.2 Å². The highest BCUT2D eigenvalue weighted by Crippen LogP contribution is 2.19. The van der Waals surface area contributed by atoms with Gasteiger partial charge in [-0.15, -0.1) is 0 Å². The Hall–Kier alpha value is -3.74. The smallest absolute Gasteiger partial charge is 0.253 e. The van der Waals surface area contributed by atoms with Crippen molar-refractivity contribution < 1.29 is 14.0 Å². The molecule has 3 aromatic rings. The Morgan fingerprint density at radius 1 is 1.20 bits per heavy atom. The normalized spacial score (nSPS) is 10.5. The van der Waals surface area contributed by atoms with Crippen LogP contribution in [0.3, 0.4) is 0 Å². The van der Waals surface area contributed by atoms with E-state index in [0.717, 1.165) is 29.8 Å². The first-order valence-corrected chi connectivity index (χ1v) is 9.55. The minimum Gasteiger partial charge on any atom is -0.342 e. The Balaban J connectivity index is 1.53. The molecular formula is C23H23FN4O2. The summed E-state index contributed by atoms with van der Waals surface area (Å²) in [5.41, 5.74) is 3.59. The Kier molecular flexibility index (Phi) is 6.75. The summed E-state index contributed by atoms with van der Waals surface area (Å²) in [5, 5.41) is 9.91. The highest BCUT2D eigenvalue weighted by Gasteiger charge is 2.13. The predicted octanol–water partition coefficient (Wildman–Crippen LogP) is 4.05. The molecule has 2 aromatic carbocycles. The van der Waals surface area contributed by atoms with Crippen molar-refractivity contribution in [3.8, 4) is 11.3 Å². The standard InChI is InChI=1S/C23H23FN4O2/c1-3-22(29)25-19-7-4-6-17(14-19)23(30)28(2)13-5-8-20-15-21(27-26-20)16-9-11-18(24)12-10-16/h3-4,6-7,9-12,14-15H,1,5,8,13H2,2H3,(H,25,29)(H,26,27). The van der Waals surface area contributed by atoms with Crippen molar-refractivity contribution in [2.45, 2.75) is 12.8 Å². The summed E-state index contributed by atoms with van der Waals surface area (Å²) in [6.07, 6.45) is 2.65. The third-order valence-electron chi connectivity index (χ3n) is 4.62. The van der Waals surface area contributed by atoms with Crippen LogP contribution >= 0.6 is 0 Å². The number of carbonyl (C=O) groups is 2. The van der Waals surface area contributed by atoms with Crippen LogP contribution in [0, 0.1) is 5.82 Å². The zero-order valence-electron chi connectivity index (χ0n) is 16.7. The van der Waals surface area contributed by atoms with Gasteiger partial charge >= 0.3 is 0 Å². The molecule has 30 heavy (non-hydrogen) atoms. The number of aromatic amines is 1. The van der Waals surface area contributed by atoms with Crippen LogP contribution in [0.2, 0.25) is 0 Å². The van der Waals surface area contributed by atoms with Gasteiger partial charge in [0.15, 0.2) is 0 Å². The summed E-state index contributed by atoms with van der Waals surface area (Å²) in [7, 11) is 1.74. The first-order valence-electron chi connectivity index (χ1n) is 9.55. The largest absolute Gasteiger partial charge is 0.342 e. The summed E-state index contributed by atoms with van der Waals surface area (Å²) >= 11 is 0. The van der Waals surface area contributed by atoms with Gasteiger partial charge in [0, 0.05) is 36.1 Å². The third kappa shape index (κ3) is 5.41. The Morgan fingerprint density at radius 2 is 1.97 bits per heavy atom. The second kappa shape index (κ2) is 9.65. The maximum Gasteiger partial charge on any atom is 0.253 e. The lowest BCUT2D eigenvalue weighted by atomic mass is 10.1. The summed E-state index contributed by atoms with van der Waals surface area (Å²) < 4.78 is 13.0. The van der Waals surface area contributed by atoms with E-state index in [1.54, 1.807) is 48.3 Å². The van der Waals surface area contributed by atoms with Crippen molar-refractivity contribution in [1.82, 2.24) is 15.1 Å². The molecule has 0 saturated heterocycles. The molecule has 2 amide bonds. The van der Waals surface area contributed by atoms with E-state index in [1.165, 1.54) is 18.2 Å². The number of aryl methyl sites for hydroxylation is 1. The van der Waals surface area contributed by atoms with Crippen LogP contribution in [0.5, 0.6) is 0 Å². The van der Waals surface area contributed by atoms with Crippen LogP contribution in [0.15, 0.2) is 67.3 Å². The highest BCUT2D eigenvalue weighted by atomic mass is 19.1. The molecule has 6 nitrogen and oxygen atoms in total. The molecule has 1 aromatic heterocycles. The van der Waals surface area contributed by atoms with E-state index >= 15 is 0 Å². The lowest BCUT2D eigenvalue weighted by Crippen LogP contribution is -2.28. The molecule has 0 spiro atoms. The quantitative estimate of drug-likeness (QED) is 0.554. The number of halogens is 1. The Labute approximate surface area is 174 Å². The number of hydrogen-bond donors (Lipinski definition) is 2. The predicted molar refractivity (Wildman–Crippen MR) is 115 cm³/mol. The first-order chi connectivity index (χ1) is 14.5. The number of nitrogens with one attached hydrogen (secondary N) is 2. The van der Waals surface area contributed by atoms with Crippen molar-refractivity contribution in [3.05, 3.63) is 84.3 Å². The van der Waals surface area contributed by atoms with Gasteiger partial charge in [0.1, 0.15) is 5.82 Å². The second-order valence-electron chi connectivity index (χ2n) is 6.89. The minimum absolute atomic E-state index is 0.124. The van der Waals surface area contributed by atoms with Gasteiger partial charge in [-0.05, 0) is 67.4 Å². The number of benzene rings is 2. The fourth-order valence-electron chi connectivity index (χ4n) is 3.01. The average Bonchev–Trinajstić information content (AvgIpc) is 3.22. The number of aromatic nitrogens is 2. The van der Waals surface area contributed by atoms with Crippen molar-refractivity contribution in [1.29, 1.82) is 0 Å². The molecule has 1 heterocycles. The molecule has 7 heteroatoms. The van der Waals surface area contributed by atoms with E-state index in [1.807, 2.05) is 6.07 Å². The van der Waals surface area contributed by atoms with Gasteiger partial charge in [0.2, 0.25) is 5.91 Å². The topological polar surface area (TPSA) is 78.1 Å². The monoisotopic (exact) mass is 406 g/mol. The zero-order chi connectivity index (χ0) is 21.5. The Bertz CT molecular complexity index is 1040. The molecule has 0 aliphatic rings. The second-order valence-corrected chi connectivity index (χ2v) is 6.89. The van der Waals surface area contributed by atoms with Crippen LogP contribution in [0.25, 0.3) is 11.3 Å². The first kappa shape index (κ1) is 21.0. The van der Waals surface area contributed by atoms with Gasteiger partial charge < -0.3 is 10.2 Å². The molecule has 3 rings (SSSR count). The van der Waals surface area contributed by atoms with Gasteiger partial charge in [-0.1, -0.05) is 12.6 Å². The molecule has 0 fully saturated rings. The van der Waals surface area contributed by atoms with Gasteiger partial charge in [-0.2, -0.15) is 5.10 Å². The van der Waals surface area contributed by atoms with Gasteiger partial charge in [0.05, 0.1) is 5.69 Å². The molecular weight excluding hydrogens is 383 g/mol. The van der Waals surface area contributed by atoms with Crippen molar-refractivity contribution in [2.75, 3.05) is 18.9 Å².